The van der Waals surface area contributed by atoms with E-state index in [2.05, 4.69) is 20.6 Å². The molecule has 1 N–H and O–H groups in total. The molecule has 1 aromatic heterocycles. The molecule has 1 saturated carbocycles. The Morgan fingerprint density at radius 1 is 1.39 bits per heavy atom. The van der Waals surface area contributed by atoms with Gasteiger partial charge in [0.05, 0.1) is 11.4 Å². The number of aromatic nitrogens is 3. The van der Waals surface area contributed by atoms with E-state index in [4.69, 9.17) is 0 Å². The van der Waals surface area contributed by atoms with E-state index in [1.165, 1.54) is 0 Å². The lowest BCUT2D eigenvalue weighted by Crippen LogP contribution is -2.26. The highest BCUT2D eigenvalue weighted by Crippen LogP contribution is 2.20. The third kappa shape index (κ3) is 3.23. The number of carbonyl (C=O) groups is 1. The van der Waals surface area contributed by atoms with Crippen LogP contribution in [0.5, 0.6) is 0 Å². The molecular weight excluding hydrogens is 294 g/mol. The van der Waals surface area contributed by atoms with Crippen molar-refractivity contribution in [2.45, 2.75) is 32.7 Å². The Morgan fingerprint density at radius 2 is 2.09 bits per heavy atom. The zero-order valence-electron chi connectivity index (χ0n) is 13.1. The molecule has 0 unspecified atom stereocenters. The van der Waals surface area contributed by atoms with Gasteiger partial charge in [-0.1, -0.05) is 17.3 Å². The summed E-state index contributed by atoms with van der Waals surface area (Å²) in [7, 11) is 0. The van der Waals surface area contributed by atoms with Crippen molar-refractivity contribution in [2.24, 2.45) is 4.99 Å². The largest absolute Gasteiger partial charge is 0.858 e. The smallest absolute Gasteiger partial charge is 0.273 e. The third-order valence-corrected chi connectivity index (χ3v) is 3.68. The minimum absolute atomic E-state index is 0.190. The summed E-state index contributed by atoms with van der Waals surface area (Å²) in [6.07, 6.45) is 2.05. The lowest BCUT2D eigenvalue weighted by Gasteiger charge is -2.11. The maximum Gasteiger partial charge on any atom is 0.273 e. The molecular formula is C16H18N5O2-. The molecule has 0 radical (unpaired) electrons. The summed E-state index contributed by atoms with van der Waals surface area (Å²) >= 11 is 0. The van der Waals surface area contributed by atoms with Crippen molar-refractivity contribution < 1.29 is 9.90 Å². The predicted molar refractivity (Wildman–Crippen MR) is 83.7 cm³/mol. The van der Waals surface area contributed by atoms with Crippen molar-refractivity contribution in [3.05, 3.63) is 41.2 Å². The highest BCUT2D eigenvalue weighted by atomic mass is 16.3. The summed E-state index contributed by atoms with van der Waals surface area (Å²) in [4.78, 5) is 15.9. The minimum atomic E-state index is -0.237. The first-order chi connectivity index (χ1) is 11.1. The van der Waals surface area contributed by atoms with Gasteiger partial charge in [-0.3, -0.25) is 4.79 Å². The summed E-state index contributed by atoms with van der Waals surface area (Å²) in [5.41, 5.74) is 2.27. The Kier molecular flexibility index (Phi) is 4.10. The van der Waals surface area contributed by atoms with Crippen molar-refractivity contribution in [3.63, 3.8) is 0 Å². The van der Waals surface area contributed by atoms with E-state index in [1.54, 1.807) is 35.9 Å². The zero-order chi connectivity index (χ0) is 16.4. The van der Waals surface area contributed by atoms with Gasteiger partial charge in [-0.25, -0.2) is 4.68 Å². The van der Waals surface area contributed by atoms with Crippen LogP contribution in [0.1, 0.15) is 41.5 Å². The van der Waals surface area contributed by atoms with E-state index in [0.717, 1.165) is 18.5 Å². The average Bonchev–Trinajstić information content (AvgIpc) is 3.27. The second-order valence-corrected chi connectivity index (χ2v) is 5.51. The second kappa shape index (κ2) is 6.20. The summed E-state index contributed by atoms with van der Waals surface area (Å²) in [6, 6.07) is 7.20. The molecule has 1 aromatic carbocycles. The van der Waals surface area contributed by atoms with Crippen molar-refractivity contribution in [2.75, 3.05) is 6.54 Å². The van der Waals surface area contributed by atoms with E-state index >= 15 is 0 Å². The van der Waals surface area contributed by atoms with Crippen molar-refractivity contribution >= 4 is 11.8 Å². The van der Waals surface area contributed by atoms with Gasteiger partial charge in [0.25, 0.3) is 5.91 Å². The van der Waals surface area contributed by atoms with Crippen LogP contribution in [0, 0.1) is 6.92 Å². The van der Waals surface area contributed by atoms with E-state index in [0.29, 0.717) is 23.5 Å². The summed E-state index contributed by atoms with van der Waals surface area (Å²) in [5, 5.41) is 22.6. The number of amides is 1. The molecule has 3 rings (SSSR count). The van der Waals surface area contributed by atoms with Crippen LogP contribution in [-0.4, -0.2) is 39.4 Å². The Balaban J connectivity index is 1.83. The molecule has 0 spiro atoms. The molecule has 7 heteroatoms. The topological polar surface area (TPSA) is 95.2 Å². The van der Waals surface area contributed by atoms with Crippen LogP contribution < -0.4 is 10.4 Å². The van der Waals surface area contributed by atoms with Gasteiger partial charge in [0.1, 0.15) is 0 Å². The van der Waals surface area contributed by atoms with Crippen LogP contribution in [-0.2, 0) is 0 Å². The summed E-state index contributed by atoms with van der Waals surface area (Å²) < 4.78 is 1.59. The second-order valence-electron chi connectivity index (χ2n) is 5.51. The maximum atomic E-state index is 12.1. The van der Waals surface area contributed by atoms with Crippen LogP contribution >= 0.6 is 0 Å². The number of carbonyl (C=O) groups excluding carboxylic acids is 1. The molecule has 1 aliphatic rings. The molecule has 1 fully saturated rings. The van der Waals surface area contributed by atoms with E-state index in [9.17, 15) is 9.90 Å². The standard InChI is InChI=1S/C16H19N5O2/c1-3-17-15(22)11-4-8-13(9-5-11)21-10(2)14(19-20-21)16(23)18-12-6-7-12/h4-5,8-9,12H,3,6-7H2,1-2H3,(H,17,22)(H,18,23)/p-1. The van der Waals surface area contributed by atoms with E-state index in [-0.39, 0.29) is 17.8 Å². The first-order valence-electron chi connectivity index (χ1n) is 7.65. The van der Waals surface area contributed by atoms with Crippen LogP contribution in [0.25, 0.3) is 5.69 Å². The number of hydrogen-bond acceptors (Lipinski definition) is 5. The molecule has 2 aromatic rings. The van der Waals surface area contributed by atoms with Crippen LogP contribution in [0.4, 0.5) is 0 Å². The monoisotopic (exact) mass is 312 g/mol. The van der Waals surface area contributed by atoms with Gasteiger partial charge in [0.2, 0.25) is 0 Å². The van der Waals surface area contributed by atoms with Gasteiger partial charge < -0.3 is 15.4 Å². The van der Waals surface area contributed by atoms with Gasteiger partial charge in [-0.2, -0.15) is 0 Å². The molecule has 0 atom stereocenters. The van der Waals surface area contributed by atoms with Crippen LogP contribution in [0.2, 0.25) is 0 Å². The Morgan fingerprint density at radius 3 is 2.70 bits per heavy atom. The fourth-order valence-corrected chi connectivity index (χ4v) is 2.25. The molecule has 1 heterocycles. The number of rotatable bonds is 5. The number of nitrogens with zero attached hydrogens (tertiary/aromatic N) is 4. The highest BCUT2D eigenvalue weighted by Gasteiger charge is 2.26. The van der Waals surface area contributed by atoms with Gasteiger partial charge in [0.15, 0.2) is 5.69 Å². The van der Waals surface area contributed by atoms with Gasteiger partial charge in [-0.15, -0.1) is 5.10 Å². The average molecular weight is 312 g/mol. The maximum absolute atomic E-state index is 12.1. The highest BCUT2D eigenvalue weighted by molar-refractivity contribution is 5.93. The number of benzene rings is 1. The number of nitrogens with one attached hydrogen (secondary N) is 1. The van der Waals surface area contributed by atoms with Gasteiger partial charge in [-0.05, 0) is 50.3 Å². The number of aliphatic imine (C=N–C) groups is 1. The predicted octanol–water partition coefficient (Wildman–Crippen LogP) is 0.595. The SMILES string of the molecule is CCN=C([O-])c1ccc(-n2nnc(C(=O)NC3CC3)c2C)cc1. The lowest BCUT2D eigenvalue weighted by atomic mass is 10.2. The molecule has 1 aliphatic carbocycles. The normalized spacial score (nSPS) is 14.8. The molecule has 0 aliphatic heterocycles. The van der Waals surface area contributed by atoms with Crippen LogP contribution in [0.15, 0.2) is 29.3 Å². The van der Waals surface area contributed by atoms with Gasteiger partial charge >= 0.3 is 0 Å². The molecule has 0 bridgehead atoms. The minimum Gasteiger partial charge on any atom is -0.858 e. The van der Waals surface area contributed by atoms with Crippen molar-refractivity contribution in [1.29, 1.82) is 0 Å². The lowest BCUT2D eigenvalue weighted by molar-refractivity contribution is -0.213. The van der Waals surface area contributed by atoms with Crippen molar-refractivity contribution in [3.8, 4) is 5.69 Å². The Labute approximate surface area is 134 Å². The fourth-order valence-electron chi connectivity index (χ4n) is 2.25. The van der Waals surface area contributed by atoms with Crippen LogP contribution in [0.3, 0.4) is 0 Å². The summed E-state index contributed by atoms with van der Waals surface area (Å²) in [5.74, 6) is -0.427. The molecule has 7 nitrogen and oxygen atoms in total. The van der Waals surface area contributed by atoms with E-state index in [1.807, 2.05) is 6.92 Å². The Hall–Kier alpha value is -2.70. The number of hydrogen-bond donors (Lipinski definition) is 1. The molecule has 1 amide bonds. The first kappa shape index (κ1) is 15.2. The first-order valence-corrected chi connectivity index (χ1v) is 7.65. The fraction of sp³-hybridized carbons (Fsp3) is 0.375. The molecule has 120 valence electrons. The quantitative estimate of drug-likeness (QED) is 0.646. The van der Waals surface area contributed by atoms with Crippen molar-refractivity contribution in [1.82, 2.24) is 20.3 Å². The van der Waals surface area contributed by atoms with E-state index < -0.39 is 0 Å². The van der Waals surface area contributed by atoms with Gasteiger partial charge in [0, 0.05) is 12.6 Å². The Bertz CT molecular complexity index is 744. The molecule has 23 heavy (non-hydrogen) atoms. The molecule has 0 saturated heterocycles. The zero-order valence-corrected chi connectivity index (χ0v) is 13.1. The summed E-state index contributed by atoms with van der Waals surface area (Å²) in [6.45, 7) is 4.08. The third-order valence-electron chi connectivity index (χ3n) is 3.68.